The third-order valence-electron chi connectivity index (χ3n) is 5.84. The Balaban J connectivity index is 1.45. The molecule has 7 nitrogen and oxygen atoms in total. The van der Waals surface area contributed by atoms with Gasteiger partial charge < -0.3 is 19.0 Å². The Morgan fingerprint density at radius 3 is 2.77 bits per heavy atom. The van der Waals surface area contributed by atoms with Crippen molar-refractivity contribution >= 4 is 29.0 Å². The van der Waals surface area contributed by atoms with Gasteiger partial charge >= 0.3 is 0 Å². The lowest BCUT2D eigenvalue weighted by Crippen LogP contribution is -2.28. The normalized spacial score (nSPS) is 17.2. The molecule has 0 bridgehead atoms. The van der Waals surface area contributed by atoms with Crippen LogP contribution < -0.4 is 15.6 Å². The molecule has 0 unspecified atom stereocenters. The van der Waals surface area contributed by atoms with Crippen LogP contribution in [0.4, 0.5) is 5.69 Å². The van der Waals surface area contributed by atoms with E-state index in [9.17, 15) is 9.59 Å². The number of anilines is 1. The number of hydrogen-bond acceptors (Lipinski definition) is 5. The van der Waals surface area contributed by atoms with Crippen molar-refractivity contribution in [3.8, 4) is 5.75 Å². The molecule has 0 aromatic carbocycles. The van der Waals surface area contributed by atoms with Crippen LogP contribution in [0.15, 0.2) is 41.6 Å². The largest absolute Gasteiger partial charge is 0.494 e. The van der Waals surface area contributed by atoms with Crippen molar-refractivity contribution in [2.45, 2.75) is 37.6 Å². The molecule has 8 heteroatoms. The summed E-state index contributed by atoms with van der Waals surface area (Å²) in [6, 6.07) is 5.36. The van der Waals surface area contributed by atoms with E-state index in [1.165, 1.54) is 11.5 Å². The minimum Gasteiger partial charge on any atom is -0.494 e. The number of imidazole rings is 1. The monoisotopic (exact) mass is 424 g/mol. The molecule has 4 heterocycles. The van der Waals surface area contributed by atoms with Gasteiger partial charge in [0.15, 0.2) is 0 Å². The van der Waals surface area contributed by atoms with Gasteiger partial charge in [0, 0.05) is 36.6 Å². The maximum Gasteiger partial charge on any atom is 0.263 e. The third-order valence-corrected chi connectivity index (χ3v) is 6.89. The number of carbonyl (C=O) groups is 1. The Labute approximate surface area is 178 Å². The van der Waals surface area contributed by atoms with Crippen LogP contribution >= 0.6 is 11.8 Å². The van der Waals surface area contributed by atoms with E-state index in [2.05, 4.69) is 5.32 Å². The Hall–Kier alpha value is -2.74. The van der Waals surface area contributed by atoms with Crippen molar-refractivity contribution in [2.24, 2.45) is 0 Å². The Morgan fingerprint density at radius 1 is 1.23 bits per heavy atom. The molecular weight excluding hydrogens is 400 g/mol. The van der Waals surface area contributed by atoms with Gasteiger partial charge in [0.1, 0.15) is 22.6 Å². The summed E-state index contributed by atoms with van der Waals surface area (Å²) >= 11 is 1.99. The summed E-state index contributed by atoms with van der Waals surface area (Å²) in [5.41, 5.74) is 2.26. The molecular formula is C22H24N4O3S. The van der Waals surface area contributed by atoms with E-state index in [4.69, 9.17) is 9.72 Å². The van der Waals surface area contributed by atoms with Crippen LogP contribution in [0.25, 0.3) is 5.65 Å². The van der Waals surface area contributed by atoms with Gasteiger partial charge in [-0.25, -0.2) is 4.98 Å². The first kappa shape index (κ1) is 19.2. The number of pyridine rings is 2. The number of thioether (sulfide) groups is 1. The number of aromatic nitrogens is 3. The number of nitrogens with one attached hydrogen (secondary N) is 1. The quantitative estimate of drug-likeness (QED) is 0.676. The molecule has 3 aromatic heterocycles. The Kier molecular flexibility index (Phi) is 5.02. The minimum atomic E-state index is -0.433. The molecule has 5 rings (SSSR count). The molecule has 30 heavy (non-hydrogen) atoms. The molecule has 0 spiro atoms. The van der Waals surface area contributed by atoms with Crippen molar-refractivity contribution in [1.82, 2.24) is 14.0 Å². The van der Waals surface area contributed by atoms with Crippen LogP contribution in [0, 0.1) is 0 Å². The number of nitrogens with zero attached hydrogens (tertiary/aromatic N) is 3. The summed E-state index contributed by atoms with van der Waals surface area (Å²) in [6.45, 7) is 0. The second-order valence-corrected chi connectivity index (χ2v) is 9.12. The van der Waals surface area contributed by atoms with Gasteiger partial charge in [0.2, 0.25) is 0 Å². The fraction of sp³-hybridized carbons (Fsp3) is 0.409. The van der Waals surface area contributed by atoms with Crippen LogP contribution in [0.2, 0.25) is 0 Å². The first-order valence-corrected chi connectivity index (χ1v) is 11.5. The van der Waals surface area contributed by atoms with E-state index in [0.717, 1.165) is 37.0 Å². The summed E-state index contributed by atoms with van der Waals surface area (Å²) in [4.78, 5) is 30.3. The highest BCUT2D eigenvalue weighted by molar-refractivity contribution is 7.99. The zero-order chi connectivity index (χ0) is 20.7. The standard InChI is InChI=1S/C22H24N4O3S/c1-29-19-11-20-23-17(14-6-9-30-10-7-14)12-25(20)13-18(19)24-21(27)16-3-2-8-26(22(16)28)15-4-5-15/h2-3,8,11-15H,4-7,9-10H2,1H3,(H,24,27). The summed E-state index contributed by atoms with van der Waals surface area (Å²) in [6.07, 6.45) is 9.83. The molecule has 1 aliphatic carbocycles. The molecule has 1 saturated heterocycles. The Bertz CT molecular complexity index is 1160. The minimum absolute atomic E-state index is 0.137. The van der Waals surface area contributed by atoms with Gasteiger partial charge in [-0.05, 0) is 49.3 Å². The zero-order valence-corrected chi connectivity index (χ0v) is 17.7. The van der Waals surface area contributed by atoms with E-state index >= 15 is 0 Å². The number of amides is 1. The lowest BCUT2D eigenvalue weighted by molar-refractivity contribution is 0.102. The second kappa shape index (κ2) is 7.83. The van der Waals surface area contributed by atoms with Crippen molar-refractivity contribution in [1.29, 1.82) is 0 Å². The number of rotatable bonds is 5. The molecule has 1 amide bonds. The highest BCUT2D eigenvalue weighted by Crippen LogP contribution is 2.34. The average Bonchev–Trinajstić information content (AvgIpc) is 3.52. The predicted molar refractivity (Wildman–Crippen MR) is 118 cm³/mol. The zero-order valence-electron chi connectivity index (χ0n) is 16.8. The lowest BCUT2D eigenvalue weighted by Gasteiger charge is -2.18. The van der Waals surface area contributed by atoms with Gasteiger partial charge in [0.25, 0.3) is 11.5 Å². The maximum atomic E-state index is 12.9. The number of ether oxygens (including phenoxy) is 1. The van der Waals surface area contributed by atoms with E-state index in [1.807, 2.05) is 34.6 Å². The van der Waals surface area contributed by atoms with Crippen molar-refractivity contribution in [2.75, 3.05) is 23.9 Å². The number of hydrogen-bond donors (Lipinski definition) is 1. The van der Waals surface area contributed by atoms with Gasteiger partial charge in [-0.1, -0.05) is 0 Å². The van der Waals surface area contributed by atoms with Crippen molar-refractivity contribution in [3.63, 3.8) is 0 Å². The number of fused-ring (bicyclic) bond motifs is 1. The number of methoxy groups -OCH3 is 1. The third kappa shape index (κ3) is 3.60. The summed E-state index contributed by atoms with van der Waals surface area (Å²) < 4.78 is 9.06. The van der Waals surface area contributed by atoms with Crippen molar-refractivity contribution < 1.29 is 9.53 Å². The molecule has 2 fully saturated rings. The predicted octanol–water partition coefficient (Wildman–Crippen LogP) is 3.70. The summed E-state index contributed by atoms with van der Waals surface area (Å²) in [5.74, 6) is 2.89. The highest BCUT2D eigenvalue weighted by Gasteiger charge is 2.26. The van der Waals surface area contributed by atoms with E-state index < -0.39 is 5.91 Å². The SMILES string of the molecule is COc1cc2nc(C3CCSCC3)cn2cc1NC(=O)c1cccn(C2CC2)c1=O. The van der Waals surface area contributed by atoms with Crippen LogP contribution in [0.3, 0.4) is 0 Å². The van der Waals surface area contributed by atoms with E-state index in [1.54, 1.807) is 30.0 Å². The Morgan fingerprint density at radius 2 is 2.03 bits per heavy atom. The maximum absolute atomic E-state index is 12.9. The average molecular weight is 425 g/mol. The fourth-order valence-corrected chi connectivity index (χ4v) is 5.11. The summed E-state index contributed by atoms with van der Waals surface area (Å²) in [7, 11) is 1.56. The first-order valence-electron chi connectivity index (χ1n) is 10.3. The molecule has 0 atom stereocenters. The molecule has 156 valence electrons. The molecule has 3 aromatic rings. The lowest BCUT2D eigenvalue weighted by atomic mass is 10.00. The molecule has 2 aliphatic rings. The molecule has 0 radical (unpaired) electrons. The fourth-order valence-electron chi connectivity index (χ4n) is 4.00. The van der Waals surface area contributed by atoms with Crippen molar-refractivity contribution in [3.05, 3.63) is 58.4 Å². The molecule has 1 N–H and O–H groups in total. The highest BCUT2D eigenvalue weighted by atomic mass is 32.2. The van der Waals surface area contributed by atoms with E-state index in [-0.39, 0.29) is 17.2 Å². The smallest absolute Gasteiger partial charge is 0.263 e. The van der Waals surface area contributed by atoms with Crippen LogP contribution in [0.5, 0.6) is 5.75 Å². The summed E-state index contributed by atoms with van der Waals surface area (Å²) in [5, 5.41) is 2.86. The topological polar surface area (TPSA) is 77.6 Å². The van der Waals surface area contributed by atoms with Gasteiger partial charge in [0.05, 0.1) is 12.8 Å². The van der Waals surface area contributed by atoms with Crippen LogP contribution in [-0.2, 0) is 0 Å². The molecule has 1 aliphatic heterocycles. The number of carbonyl (C=O) groups excluding carboxylic acids is 1. The van der Waals surface area contributed by atoms with Crippen LogP contribution in [-0.4, -0.2) is 38.5 Å². The second-order valence-electron chi connectivity index (χ2n) is 7.89. The van der Waals surface area contributed by atoms with Gasteiger partial charge in [-0.3, -0.25) is 9.59 Å². The first-order chi connectivity index (χ1) is 14.6. The molecule has 1 saturated carbocycles. The van der Waals surface area contributed by atoms with E-state index in [0.29, 0.717) is 17.4 Å². The van der Waals surface area contributed by atoms with Crippen LogP contribution in [0.1, 0.15) is 53.7 Å². The van der Waals surface area contributed by atoms with Gasteiger partial charge in [-0.15, -0.1) is 0 Å². The van der Waals surface area contributed by atoms with Gasteiger partial charge in [-0.2, -0.15) is 11.8 Å².